The molecule has 0 radical (unpaired) electrons. The second-order valence-corrected chi connectivity index (χ2v) is 5.25. The molecule has 4 nitrogen and oxygen atoms in total. The number of methoxy groups -OCH3 is 1. The number of carbonyl (C=O) groups excluding carboxylic acids is 1. The Balaban J connectivity index is 1.82. The summed E-state index contributed by atoms with van der Waals surface area (Å²) in [6, 6.07) is 14.9. The predicted molar refractivity (Wildman–Crippen MR) is 84.5 cm³/mol. The summed E-state index contributed by atoms with van der Waals surface area (Å²) in [5, 5.41) is 2.80. The van der Waals surface area contributed by atoms with Gasteiger partial charge in [-0.2, -0.15) is 0 Å². The van der Waals surface area contributed by atoms with Crippen molar-refractivity contribution in [3.63, 3.8) is 0 Å². The summed E-state index contributed by atoms with van der Waals surface area (Å²) in [5.74, 6) is 1.23. The lowest BCUT2D eigenvalue weighted by molar-refractivity contribution is -0.123. The summed E-state index contributed by atoms with van der Waals surface area (Å²) >= 11 is 3.35. The van der Waals surface area contributed by atoms with Crippen LogP contribution in [0.15, 0.2) is 53.0 Å². The van der Waals surface area contributed by atoms with Gasteiger partial charge in [0.1, 0.15) is 11.5 Å². The molecule has 0 fully saturated rings. The molecular weight excluding hydrogens is 334 g/mol. The van der Waals surface area contributed by atoms with E-state index < -0.39 is 0 Å². The van der Waals surface area contributed by atoms with Crippen LogP contribution >= 0.6 is 15.9 Å². The van der Waals surface area contributed by atoms with Gasteiger partial charge in [0.25, 0.3) is 5.91 Å². The van der Waals surface area contributed by atoms with Crippen molar-refractivity contribution < 1.29 is 14.3 Å². The molecular formula is C16H16BrNO3. The lowest BCUT2D eigenvalue weighted by Gasteiger charge is -2.10. The van der Waals surface area contributed by atoms with Gasteiger partial charge in [-0.15, -0.1) is 0 Å². The first kappa shape index (κ1) is 15.4. The number of benzene rings is 2. The third-order valence-electron chi connectivity index (χ3n) is 2.83. The van der Waals surface area contributed by atoms with Crippen molar-refractivity contribution >= 4 is 21.8 Å². The van der Waals surface area contributed by atoms with Crippen molar-refractivity contribution in [1.29, 1.82) is 0 Å². The largest absolute Gasteiger partial charge is 0.496 e. The van der Waals surface area contributed by atoms with Crippen molar-refractivity contribution in [2.45, 2.75) is 6.54 Å². The Hall–Kier alpha value is -2.01. The van der Waals surface area contributed by atoms with Crippen LogP contribution in [0, 0.1) is 0 Å². The van der Waals surface area contributed by atoms with E-state index >= 15 is 0 Å². The van der Waals surface area contributed by atoms with Gasteiger partial charge >= 0.3 is 0 Å². The number of ether oxygens (including phenoxy) is 2. The highest BCUT2D eigenvalue weighted by molar-refractivity contribution is 9.10. The van der Waals surface area contributed by atoms with Gasteiger partial charge in [-0.05, 0) is 24.3 Å². The molecule has 0 aliphatic carbocycles. The Morgan fingerprint density at radius 2 is 2.00 bits per heavy atom. The molecule has 0 atom stereocenters. The van der Waals surface area contributed by atoms with E-state index in [-0.39, 0.29) is 12.5 Å². The van der Waals surface area contributed by atoms with Gasteiger partial charge in [-0.1, -0.05) is 40.2 Å². The molecule has 0 bridgehead atoms. The SMILES string of the molecule is COc1ccccc1CNC(=O)COc1cccc(Br)c1. The Labute approximate surface area is 132 Å². The maximum absolute atomic E-state index is 11.8. The van der Waals surface area contributed by atoms with Crippen molar-refractivity contribution in [1.82, 2.24) is 5.32 Å². The maximum atomic E-state index is 11.8. The quantitative estimate of drug-likeness (QED) is 0.871. The molecule has 110 valence electrons. The van der Waals surface area contributed by atoms with Gasteiger partial charge in [0.15, 0.2) is 6.61 Å². The van der Waals surface area contributed by atoms with E-state index in [9.17, 15) is 4.79 Å². The van der Waals surface area contributed by atoms with Crippen LogP contribution in [0.1, 0.15) is 5.56 Å². The minimum absolute atomic E-state index is 0.0222. The van der Waals surface area contributed by atoms with Gasteiger partial charge in [0.2, 0.25) is 0 Å². The van der Waals surface area contributed by atoms with Crippen LogP contribution in [-0.2, 0) is 11.3 Å². The first-order valence-electron chi connectivity index (χ1n) is 6.46. The van der Waals surface area contributed by atoms with Crippen LogP contribution in [0.5, 0.6) is 11.5 Å². The highest BCUT2D eigenvalue weighted by Gasteiger charge is 2.06. The van der Waals surface area contributed by atoms with Crippen molar-refractivity contribution in [3.05, 3.63) is 58.6 Å². The minimum Gasteiger partial charge on any atom is -0.496 e. The Kier molecular flexibility index (Phi) is 5.63. The first-order valence-corrected chi connectivity index (χ1v) is 7.25. The molecule has 1 N–H and O–H groups in total. The Morgan fingerprint density at radius 1 is 1.19 bits per heavy atom. The summed E-state index contributed by atoms with van der Waals surface area (Å²) in [6.07, 6.45) is 0. The van der Waals surface area contributed by atoms with Gasteiger partial charge in [0.05, 0.1) is 7.11 Å². The monoisotopic (exact) mass is 349 g/mol. The van der Waals surface area contributed by atoms with Crippen LogP contribution in [0.2, 0.25) is 0 Å². The lowest BCUT2D eigenvalue weighted by Crippen LogP contribution is -2.28. The van der Waals surface area contributed by atoms with Crippen LogP contribution < -0.4 is 14.8 Å². The molecule has 0 unspecified atom stereocenters. The standard InChI is InChI=1S/C16H16BrNO3/c1-20-15-8-3-2-5-12(15)10-18-16(19)11-21-14-7-4-6-13(17)9-14/h2-9H,10-11H2,1H3,(H,18,19). The third-order valence-corrected chi connectivity index (χ3v) is 3.33. The highest BCUT2D eigenvalue weighted by atomic mass is 79.9. The Morgan fingerprint density at radius 3 is 2.76 bits per heavy atom. The molecule has 0 heterocycles. The molecule has 5 heteroatoms. The molecule has 1 amide bonds. The predicted octanol–water partition coefficient (Wildman–Crippen LogP) is 3.15. The van der Waals surface area contributed by atoms with Crippen LogP contribution in [0.4, 0.5) is 0 Å². The molecule has 0 aliphatic heterocycles. The van der Waals surface area contributed by atoms with E-state index in [4.69, 9.17) is 9.47 Å². The molecule has 0 aromatic heterocycles. The molecule has 2 aromatic carbocycles. The van der Waals surface area contributed by atoms with Crippen LogP contribution in [0.3, 0.4) is 0 Å². The molecule has 0 spiro atoms. The maximum Gasteiger partial charge on any atom is 0.258 e. The van der Waals surface area contributed by atoms with Crippen molar-refractivity contribution in [2.24, 2.45) is 0 Å². The van der Waals surface area contributed by atoms with Gasteiger partial charge in [0, 0.05) is 16.6 Å². The van der Waals surface area contributed by atoms with Gasteiger partial charge < -0.3 is 14.8 Å². The number of carbonyl (C=O) groups is 1. The smallest absolute Gasteiger partial charge is 0.258 e. The number of halogens is 1. The fraction of sp³-hybridized carbons (Fsp3) is 0.188. The highest BCUT2D eigenvalue weighted by Crippen LogP contribution is 2.18. The second kappa shape index (κ2) is 7.69. The van der Waals surface area contributed by atoms with E-state index in [2.05, 4.69) is 21.2 Å². The van der Waals surface area contributed by atoms with Crippen molar-refractivity contribution in [2.75, 3.05) is 13.7 Å². The number of hydrogen-bond acceptors (Lipinski definition) is 3. The normalized spacial score (nSPS) is 10.0. The number of rotatable bonds is 6. The second-order valence-electron chi connectivity index (χ2n) is 4.33. The first-order chi connectivity index (χ1) is 10.2. The number of para-hydroxylation sites is 1. The summed E-state index contributed by atoms with van der Waals surface area (Å²) in [6.45, 7) is 0.385. The summed E-state index contributed by atoms with van der Waals surface area (Å²) < 4.78 is 11.6. The van der Waals surface area contributed by atoms with Gasteiger partial charge in [-0.3, -0.25) is 4.79 Å². The third kappa shape index (κ3) is 4.79. The molecule has 21 heavy (non-hydrogen) atoms. The zero-order valence-electron chi connectivity index (χ0n) is 11.6. The van der Waals surface area contributed by atoms with Crippen LogP contribution in [-0.4, -0.2) is 19.6 Å². The lowest BCUT2D eigenvalue weighted by atomic mass is 10.2. The summed E-state index contributed by atoms with van der Waals surface area (Å²) in [4.78, 5) is 11.8. The van der Waals surface area contributed by atoms with E-state index in [1.165, 1.54) is 0 Å². The number of hydrogen-bond donors (Lipinski definition) is 1. The van der Waals surface area contributed by atoms with Crippen molar-refractivity contribution in [3.8, 4) is 11.5 Å². The summed E-state index contributed by atoms with van der Waals surface area (Å²) in [5.41, 5.74) is 0.927. The number of nitrogens with one attached hydrogen (secondary N) is 1. The zero-order valence-corrected chi connectivity index (χ0v) is 13.2. The molecule has 0 saturated heterocycles. The Bertz CT molecular complexity index is 616. The fourth-order valence-electron chi connectivity index (χ4n) is 1.80. The zero-order chi connectivity index (χ0) is 15.1. The average molecular weight is 350 g/mol. The average Bonchev–Trinajstić information content (AvgIpc) is 2.51. The van der Waals surface area contributed by atoms with Crippen LogP contribution in [0.25, 0.3) is 0 Å². The van der Waals surface area contributed by atoms with E-state index in [0.29, 0.717) is 12.3 Å². The minimum atomic E-state index is -0.180. The topological polar surface area (TPSA) is 47.6 Å². The van der Waals surface area contributed by atoms with E-state index in [1.54, 1.807) is 13.2 Å². The van der Waals surface area contributed by atoms with Gasteiger partial charge in [-0.25, -0.2) is 0 Å². The number of amides is 1. The molecule has 2 aromatic rings. The fourth-order valence-corrected chi connectivity index (χ4v) is 2.18. The van der Waals surface area contributed by atoms with E-state index in [1.807, 2.05) is 42.5 Å². The molecule has 2 rings (SSSR count). The molecule has 0 saturated carbocycles. The summed E-state index contributed by atoms with van der Waals surface area (Å²) in [7, 11) is 1.61. The van der Waals surface area contributed by atoms with E-state index in [0.717, 1.165) is 15.8 Å². The molecule has 0 aliphatic rings.